The third kappa shape index (κ3) is 7.88. The molecular weight excluding hydrogens is 657 g/mol. The first-order chi connectivity index (χ1) is 22.5. The van der Waals surface area contributed by atoms with E-state index in [2.05, 4.69) is 14.9 Å². The van der Waals surface area contributed by atoms with Crippen LogP contribution in [0.15, 0.2) is 58.4 Å². The average Bonchev–Trinajstić information content (AvgIpc) is 3.49. The number of carbonyl (C=O) groups is 3. The molecule has 0 aliphatic carbocycles. The van der Waals surface area contributed by atoms with Crippen molar-refractivity contribution in [2.75, 3.05) is 25.5 Å². The van der Waals surface area contributed by atoms with Gasteiger partial charge in [0.1, 0.15) is 27.8 Å². The summed E-state index contributed by atoms with van der Waals surface area (Å²) in [6.45, 7) is 11.4. The van der Waals surface area contributed by atoms with Crippen LogP contribution >= 0.6 is 11.3 Å². The van der Waals surface area contributed by atoms with Crippen molar-refractivity contribution in [1.82, 2.24) is 9.62 Å². The standard InChI is InChI=1S/C34H40N4O8S2/c1-33(2,3)45-31(40)26-23-16-17-38(19-20-12-14-21(44-7)15-13-20)24(18-35-28-22-10-8-9-11-25(22)48(42,43)37-28)27(23)47-30(26)36-29(39)32(41)46-34(4,5)6/h8-15,24H,16-19H2,1-7H3,(H,35,37)(H,36,39). The second kappa shape index (κ2) is 13.3. The second-order valence-corrected chi connectivity index (χ2v) is 16.2. The monoisotopic (exact) mass is 696 g/mol. The highest BCUT2D eigenvalue weighted by molar-refractivity contribution is 7.90. The Morgan fingerprint density at radius 3 is 2.31 bits per heavy atom. The Morgan fingerprint density at radius 2 is 1.67 bits per heavy atom. The number of rotatable bonds is 7. The van der Waals surface area contributed by atoms with Crippen molar-refractivity contribution in [2.45, 2.75) is 76.6 Å². The number of aliphatic imine (C=N–C) groups is 1. The molecule has 12 nitrogen and oxygen atoms in total. The Balaban J connectivity index is 1.57. The Morgan fingerprint density at radius 1 is 1.00 bits per heavy atom. The Labute approximate surface area is 284 Å². The van der Waals surface area contributed by atoms with Gasteiger partial charge < -0.3 is 19.5 Å². The molecule has 3 aromatic rings. The van der Waals surface area contributed by atoms with Crippen molar-refractivity contribution < 1.29 is 37.0 Å². The highest BCUT2D eigenvalue weighted by atomic mass is 32.2. The lowest BCUT2D eigenvalue weighted by atomic mass is 9.96. The molecular formula is C34H40N4O8S2. The van der Waals surface area contributed by atoms with Gasteiger partial charge in [-0.1, -0.05) is 24.3 Å². The summed E-state index contributed by atoms with van der Waals surface area (Å²) in [7, 11) is -2.16. The minimum atomic E-state index is -3.76. The van der Waals surface area contributed by atoms with Crippen LogP contribution in [0.2, 0.25) is 0 Å². The molecule has 256 valence electrons. The fourth-order valence-electron chi connectivity index (χ4n) is 5.47. The number of hydrogen-bond acceptors (Lipinski definition) is 11. The lowest BCUT2D eigenvalue weighted by Crippen LogP contribution is -2.37. The van der Waals surface area contributed by atoms with Gasteiger partial charge >= 0.3 is 17.8 Å². The van der Waals surface area contributed by atoms with E-state index in [0.717, 1.165) is 16.2 Å². The Hall–Kier alpha value is -4.27. The first-order valence-corrected chi connectivity index (χ1v) is 17.7. The number of amidine groups is 1. The van der Waals surface area contributed by atoms with Crippen LogP contribution in [0.5, 0.6) is 5.75 Å². The number of ether oxygens (including phenoxy) is 3. The van der Waals surface area contributed by atoms with E-state index in [4.69, 9.17) is 19.2 Å². The van der Waals surface area contributed by atoms with Crippen LogP contribution in [0, 0.1) is 0 Å². The number of anilines is 1. The molecule has 48 heavy (non-hydrogen) atoms. The van der Waals surface area contributed by atoms with Crippen molar-refractivity contribution >= 4 is 50.0 Å². The summed E-state index contributed by atoms with van der Waals surface area (Å²) in [5, 5.41) is 2.79. The molecule has 3 heterocycles. The first-order valence-electron chi connectivity index (χ1n) is 15.4. The lowest BCUT2D eigenvalue weighted by molar-refractivity contribution is -0.161. The number of fused-ring (bicyclic) bond motifs is 2. The van der Waals surface area contributed by atoms with E-state index in [1.807, 2.05) is 24.3 Å². The molecule has 0 spiro atoms. The average molecular weight is 697 g/mol. The molecule has 0 bridgehead atoms. The van der Waals surface area contributed by atoms with E-state index < -0.39 is 45.1 Å². The summed E-state index contributed by atoms with van der Waals surface area (Å²) < 4.78 is 44.5. The SMILES string of the molecule is COc1ccc(CN2CCc3c(sc(NC(=O)C(=O)OC(C)(C)C)c3C(=O)OC(C)(C)C)C2CN=C2NS(=O)(=O)c3ccccc32)cc1. The van der Waals surface area contributed by atoms with E-state index in [1.54, 1.807) is 66.9 Å². The maximum absolute atomic E-state index is 13.7. The second-order valence-electron chi connectivity index (χ2n) is 13.5. The molecule has 1 unspecified atom stereocenters. The number of amides is 1. The van der Waals surface area contributed by atoms with Gasteiger partial charge in [-0.05, 0) is 83.4 Å². The van der Waals surface area contributed by atoms with E-state index >= 15 is 0 Å². The van der Waals surface area contributed by atoms with Crippen LogP contribution in [0.3, 0.4) is 0 Å². The minimum absolute atomic E-state index is 0.128. The zero-order chi connectivity index (χ0) is 35.0. The number of benzene rings is 2. The topological polar surface area (TPSA) is 153 Å². The van der Waals surface area contributed by atoms with Crippen LogP contribution in [0.1, 0.15) is 79.5 Å². The maximum atomic E-state index is 13.7. The summed E-state index contributed by atoms with van der Waals surface area (Å²) in [4.78, 5) is 47.2. The fourth-order valence-corrected chi connectivity index (χ4v) is 8.08. The van der Waals surface area contributed by atoms with E-state index in [-0.39, 0.29) is 27.8 Å². The Kier molecular flexibility index (Phi) is 9.73. The number of methoxy groups -OCH3 is 1. The molecule has 2 N–H and O–H groups in total. The van der Waals surface area contributed by atoms with Gasteiger partial charge in [0.15, 0.2) is 0 Å². The van der Waals surface area contributed by atoms with Crippen LogP contribution in [-0.4, -0.2) is 68.4 Å². The summed E-state index contributed by atoms with van der Waals surface area (Å²) in [6, 6.07) is 13.9. The molecule has 0 saturated carbocycles. The number of carbonyl (C=O) groups excluding carboxylic acids is 3. The van der Waals surface area contributed by atoms with Gasteiger partial charge in [0, 0.05) is 23.5 Å². The summed E-state index contributed by atoms with van der Waals surface area (Å²) in [5.74, 6) is -1.78. The number of nitrogens with zero attached hydrogens (tertiary/aromatic N) is 2. The van der Waals surface area contributed by atoms with Gasteiger partial charge in [0.2, 0.25) is 0 Å². The van der Waals surface area contributed by atoms with Gasteiger partial charge in [-0.25, -0.2) is 18.0 Å². The van der Waals surface area contributed by atoms with E-state index in [0.29, 0.717) is 30.6 Å². The quantitative estimate of drug-likeness (QED) is 0.261. The number of esters is 2. The summed E-state index contributed by atoms with van der Waals surface area (Å²) in [6.07, 6.45) is 0.446. The predicted octanol–water partition coefficient (Wildman–Crippen LogP) is 4.83. The van der Waals surface area contributed by atoms with Gasteiger partial charge in [0.25, 0.3) is 10.0 Å². The normalized spacial score (nSPS) is 18.0. The van der Waals surface area contributed by atoms with E-state index in [1.165, 1.54) is 17.4 Å². The van der Waals surface area contributed by atoms with Crippen LogP contribution in [0.25, 0.3) is 0 Å². The molecule has 2 aliphatic rings. The fraction of sp³-hybridized carbons (Fsp3) is 0.412. The van der Waals surface area contributed by atoms with Crippen molar-refractivity contribution in [3.63, 3.8) is 0 Å². The molecule has 1 amide bonds. The van der Waals surface area contributed by atoms with Gasteiger partial charge in [-0.15, -0.1) is 11.3 Å². The minimum Gasteiger partial charge on any atom is -0.497 e. The van der Waals surface area contributed by atoms with Crippen molar-refractivity contribution in [2.24, 2.45) is 4.99 Å². The molecule has 1 aromatic heterocycles. The van der Waals surface area contributed by atoms with E-state index in [9.17, 15) is 22.8 Å². The third-order valence-corrected chi connectivity index (χ3v) is 10.1. The van der Waals surface area contributed by atoms with Crippen LogP contribution in [-0.2, 0) is 42.1 Å². The predicted molar refractivity (Wildman–Crippen MR) is 182 cm³/mol. The molecule has 0 saturated heterocycles. The number of sulfonamides is 1. The van der Waals surface area contributed by atoms with Crippen LogP contribution in [0.4, 0.5) is 5.00 Å². The van der Waals surface area contributed by atoms with Gasteiger partial charge in [-0.3, -0.25) is 19.4 Å². The first kappa shape index (κ1) is 35.0. The molecule has 2 aromatic carbocycles. The number of nitrogens with one attached hydrogen (secondary N) is 2. The molecule has 0 fully saturated rings. The molecule has 5 rings (SSSR count). The van der Waals surface area contributed by atoms with Crippen LogP contribution < -0.4 is 14.8 Å². The number of hydrogen-bond donors (Lipinski definition) is 2. The molecule has 0 radical (unpaired) electrons. The molecule has 14 heteroatoms. The van der Waals surface area contributed by atoms with Crippen molar-refractivity contribution in [1.29, 1.82) is 0 Å². The smallest absolute Gasteiger partial charge is 0.397 e. The largest absolute Gasteiger partial charge is 0.497 e. The van der Waals surface area contributed by atoms with Gasteiger partial charge in [-0.2, -0.15) is 0 Å². The highest BCUT2D eigenvalue weighted by Gasteiger charge is 2.38. The zero-order valence-corrected chi connectivity index (χ0v) is 29.6. The highest BCUT2D eigenvalue weighted by Crippen LogP contribution is 2.44. The summed E-state index contributed by atoms with van der Waals surface area (Å²) >= 11 is 1.17. The maximum Gasteiger partial charge on any atom is 0.397 e. The van der Waals surface area contributed by atoms with Crippen molar-refractivity contribution in [3.05, 3.63) is 75.7 Å². The lowest BCUT2D eigenvalue weighted by Gasteiger charge is -2.35. The Bertz CT molecular complexity index is 1870. The third-order valence-electron chi connectivity index (χ3n) is 7.47. The van der Waals surface area contributed by atoms with Crippen molar-refractivity contribution in [3.8, 4) is 5.75 Å². The molecule has 2 aliphatic heterocycles. The molecule has 1 atom stereocenters. The van der Waals surface area contributed by atoms with Gasteiger partial charge in [0.05, 0.1) is 30.2 Å². The summed E-state index contributed by atoms with van der Waals surface area (Å²) in [5.41, 5.74) is 0.607. The number of thiophene rings is 1. The zero-order valence-electron chi connectivity index (χ0n) is 28.0.